The lowest BCUT2D eigenvalue weighted by Gasteiger charge is -2.47. The van der Waals surface area contributed by atoms with Gasteiger partial charge in [0.1, 0.15) is 0 Å². The maximum absolute atomic E-state index is 12.2. The van der Waals surface area contributed by atoms with Crippen molar-refractivity contribution in [3.8, 4) is 5.69 Å². The van der Waals surface area contributed by atoms with E-state index in [1.807, 2.05) is 17.2 Å². The number of rotatable bonds is 5. The molecule has 6 heteroatoms. The summed E-state index contributed by atoms with van der Waals surface area (Å²) in [6, 6.07) is 8.71. The molecule has 0 aromatic carbocycles. The van der Waals surface area contributed by atoms with Gasteiger partial charge < -0.3 is 15.2 Å². The Labute approximate surface area is 154 Å². The summed E-state index contributed by atoms with van der Waals surface area (Å²) in [5.41, 5.74) is 8.10. The standard InChI is InChI=1S/C20H27N5O/c21-8-12-25-19-7-11-23(14-16(19)5-6-20(25)26)15-18-4-2-10-24(18)17-3-1-9-22-13-17/h1-4,9-10,13,16,19H,5-8,11-12,14-15,21H2. The van der Waals surface area contributed by atoms with E-state index in [0.29, 0.717) is 31.5 Å². The Morgan fingerprint density at radius 3 is 2.96 bits per heavy atom. The van der Waals surface area contributed by atoms with Crippen LogP contribution < -0.4 is 5.73 Å². The van der Waals surface area contributed by atoms with E-state index in [2.05, 4.69) is 38.8 Å². The molecule has 4 heterocycles. The number of hydrogen-bond donors (Lipinski definition) is 1. The predicted molar refractivity (Wildman–Crippen MR) is 101 cm³/mol. The van der Waals surface area contributed by atoms with Gasteiger partial charge in [0.15, 0.2) is 0 Å². The first-order valence-electron chi connectivity index (χ1n) is 9.55. The minimum atomic E-state index is 0.288. The summed E-state index contributed by atoms with van der Waals surface area (Å²) in [6.07, 6.45) is 8.51. The molecule has 0 bridgehead atoms. The topological polar surface area (TPSA) is 67.4 Å². The SMILES string of the molecule is NCCN1C(=O)CCC2CN(Cc3cccn3-c3cccnc3)CCC21. The van der Waals surface area contributed by atoms with Gasteiger partial charge in [0.25, 0.3) is 0 Å². The summed E-state index contributed by atoms with van der Waals surface area (Å²) in [7, 11) is 0. The number of aromatic nitrogens is 2. The Balaban J connectivity index is 1.44. The number of amides is 1. The van der Waals surface area contributed by atoms with Gasteiger partial charge in [-0.05, 0) is 43.0 Å². The van der Waals surface area contributed by atoms with Gasteiger partial charge in [-0.15, -0.1) is 0 Å². The summed E-state index contributed by atoms with van der Waals surface area (Å²) in [4.78, 5) is 21.0. The highest BCUT2D eigenvalue weighted by Crippen LogP contribution is 2.31. The van der Waals surface area contributed by atoms with Gasteiger partial charge >= 0.3 is 0 Å². The fourth-order valence-corrected chi connectivity index (χ4v) is 4.52. The average Bonchev–Trinajstić information content (AvgIpc) is 3.13. The molecule has 2 saturated heterocycles. The van der Waals surface area contributed by atoms with Crippen molar-refractivity contribution in [2.24, 2.45) is 11.7 Å². The molecule has 2 unspecified atom stereocenters. The van der Waals surface area contributed by atoms with Crippen LogP contribution in [0.1, 0.15) is 25.0 Å². The minimum Gasteiger partial charge on any atom is -0.338 e. The van der Waals surface area contributed by atoms with Crippen LogP contribution in [0.3, 0.4) is 0 Å². The van der Waals surface area contributed by atoms with E-state index < -0.39 is 0 Å². The van der Waals surface area contributed by atoms with Crippen molar-refractivity contribution in [3.63, 3.8) is 0 Å². The lowest BCUT2D eigenvalue weighted by atomic mass is 9.83. The zero-order valence-electron chi connectivity index (χ0n) is 15.1. The highest BCUT2D eigenvalue weighted by Gasteiger charge is 2.38. The largest absolute Gasteiger partial charge is 0.338 e. The zero-order chi connectivity index (χ0) is 17.9. The summed E-state index contributed by atoms with van der Waals surface area (Å²) in [5.74, 6) is 0.852. The van der Waals surface area contributed by atoms with Crippen LogP contribution in [0.2, 0.25) is 0 Å². The molecular formula is C20H27N5O. The molecule has 2 aromatic heterocycles. The van der Waals surface area contributed by atoms with Crippen molar-refractivity contribution >= 4 is 5.91 Å². The van der Waals surface area contributed by atoms with Crippen LogP contribution >= 0.6 is 0 Å². The molecule has 0 saturated carbocycles. The van der Waals surface area contributed by atoms with E-state index in [1.54, 1.807) is 6.20 Å². The molecule has 2 aliphatic heterocycles. The first-order chi connectivity index (χ1) is 12.8. The van der Waals surface area contributed by atoms with Crippen LogP contribution in [0, 0.1) is 5.92 Å². The first-order valence-corrected chi connectivity index (χ1v) is 9.55. The molecule has 26 heavy (non-hydrogen) atoms. The maximum Gasteiger partial charge on any atom is 0.222 e. The van der Waals surface area contributed by atoms with Crippen molar-refractivity contribution in [2.45, 2.75) is 31.8 Å². The molecule has 0 radical (unpaired) electrons. The normalized spacial score (nSPS) is 23.9. The van der Waals surface area contributed by atoms with Crippen LogP contribution in [0.15, 0.2) is 42.9 Å². The fourth-order valence-electron chi connectivity index (χ4n) is 4.52. The number of carbonyl (C=O) groups is 1. The summed E-state index contributed by atoms with van der Waals surface area (Å²) >= 11 is 0. The van der Waals surface area contributed by atoms with Crippen LogP contribution in [-0.2, 0) is 11.3 Å². The number of likely N-dealkylation sites (tertiary alicyclic amines) is 2. The van der Waals surface area contributed by atoms with E-state index in [-0.39, 0.29) is 5.91 Å². The first kappa shape index (κ1) is 17.2. The van der Waals surface area contributed by atoms with E-state index in [9.17, 15) is 4.79 Å². The number of carbonyl (C=O) groups excluding carboxylic acids is 1. The molecule has 2 N–H and O–H groups in total. The fraction of sp³-hybridized carbons (Fsp3) is 0.500. The summed E-state index contributed by atoms with van der Waals surface area (Å²) < 4.78 is 2.21. The molecule has 0 spiro atoms. The third-order valence-electron chi connectivity index (χ3n) is 5.74. The monoisotopic (exact) mass is 353 g/mol. The van der Waals surface area contributed by atoms with E-state index in [0.717, 1.165) is 38.2 Å². The van der Waals surface area contributed by atoms with Gasteiger partial charge in [0.05, 0.1) is 11.9 Å². The van der Waals surface area contributed by atoms with Crippen LogP contribution in [0.5, 0.6) is 0 Å². The number of nitrogens with zero attached hydrogens (tertiary/aromatic N) is 4. The lowest BCUT2D eigenvalue weighted by Crippen LogP contribution is -2.56. The molecule has 2 aromatic rings. The van der Waals surface area contributed by atoms with Crippen molar-refractivity contribution < 1.29 is 4.79 Å². The van der Waals surface area contributed by atoms with Crippen LogP contribution in [-0.4, -0.2) is 57.5 Å². The van der Waals surface area contributed by atoms with Crippen molar-refractivity contribution in [2.75, 3.05) is 26.2 Å². The quantitative estimate of drug-likeness (QED) is 0.887. The number of piperidine rings is 2. The zero-order valence-corrected chi connectivity index (χ0v) is 15.1. The van der Waals surface area contributed by atoms with Crippen LogP contribution in [0.25, 0.3) is 5.69 Å². The van der Waals surface area contributed by atoms with Crippen LogP contribution in [0.4, 0.5) is 0 Å². The molecule has 138 valence electrons. The summed E-state index contributed by atoms with van der Waals surface area (Å²) in [6.45, 7) is 4.25. The predicted octanol–water partition coefficient (Wildman–Crippen LogP) is 1.64. The Kier molecular flexibility index (Phi) is 5.04. The number of hydrogen-bond acceptors (Lipinski definition) is 4. The highest BCUT2D eigenvalue weighted by molar-refractivity contribution is 5.77. The lowest BCUT2D eigenvalue weighted by molar-refractivity contribution is -0.141. The molecule has 1 amide bonds. The second-order valence-corrected chi connectivity index (χ2v) is 7.35. The van der Waals surface area contributed by atoms with Gasteiger partial charge in [0, 0.05) is 63.3 Å². The van der Waals surface area contributed by atoms with Gasteiger partial charge in [-0.1, -0.05) is 0 Å². The third kappa shape index (κ3) is 3.39. The van der Waals surface area contributed by atoms with Gasteiger partial charge in [-0.3, -0.25) is 14.7 Å². The van der Waals surface area contributed by atoms with E-state index in [4.69, 9.17) is 5.73 Å². The average molecular weight is 353 g/mol. The second kappa shape index (κ2) is 7.60. The Hall–Kier alpha value is -2.18. The smallest absolute Gasteiger partial charge is 0.222 e. The van der Waals surface area contributed by atoms with Gasteiger partial charge in [-0.25, -0.2) is 0 Å². The van der Waals surface area contributed by atoms with Gasteiger partial charge in [-0.2, -0.15) is 0 Å². The molecule has 6 nitrogen and oxygen atoms in total. The van der Waals surface area contributed by atoms with Crippen molar-refractivity contribution in [1.29, 1.82) is 0 Å². The maximum atomic E-state index is 12.2. The Bertz CT molecular complexity index is 744. The molecule has 2 aliphatic rings. The minimum absolute atomic E-state index is 0.288. The molecule has 2 atom stereocenters. The van der Waals surface area contributed by atoms with Crippen molar-refractivity contribution in [3.05, 3.63) is 48.5 Å². The van der Waals surface area contributed by atoms with E-state index >= 15 is 0 Å². The molecule has 0 aliphatic carbocycles. The number of pyridine rings is 1. The summed E-state index contributed by atoms with van der Waals surface area (Å²) in [5, 5.41) is 0. The van der Waals surface area contributed by atoms with E-state index in [1.165, 1.54) is 5.69 Å². The molecular weight excluding hydrogens is 326 g/mol. The molecule has 2 fully saturated rings. The van der Waals surface area contributed by atoms with Crippen molar-refractivity contribution in [1.82, 2.24) is 19.4 Å². The number of fused-ring (bicyclic) bond motifs is 1. The second-order valence-electron chi connectivity index (χ2n) is 7.35. The third-order valence-corrected chi connectivity index (χ3v) is 5.74. The number of nitrogens with two attached hydrogens (primary N) is 1. The van der Waals surface area contributed by atoms with Gasteiger partial charge in [0.2, 0.25) is 5.91 Å². The molecule has 4 rings (SSSR count). The Morgan fingerprint density at radius 1 is 1.23 bits per heavy atom. The highest BCUT2D eigenvalue weighted by atomic mass is 16.2. The Morgan fingerprint density at radius 2 is 2.15 bits per heavy atom.